The Morgan fingerprint density at radius 2 is 1.81 bits per heavy atom. The summed E-state index contributed by atoms with van der Waals surface area (Å²) < 4.78 is 17.5. The molecule has 3 N–H and O–H groups in total. The third kappa shape index (κ3) is 2.81. The van der Waals surface area contributed by atoms with Gasteiger partial charge in [-0.2, -0.15) is 0 Å². The molecule has 0 fully saturated rings. The highest BCUT2D eigenvalue weighted by molar-refractivity contribution is 6.09. The number of carbonyl (C=O) groups excluding carboxylic acids is 1. The molecule has 0 aliphatic carbocycles. The lowest BCUT2D eigenvalue weighted by Gasteiger charge is -2.34. The van der Waals surface area contributed by atoms with Gasteiger partial charge in [-0.25, -0.2) is 0 Å². The highest BCUT2D eigenvalue weighted by atomic mass is 16.7. The van der Waals surface area contributed by atoms with Crippen LogP contribution in [-0.4, -0.2) is 33.0 Å². The van der Waals surface area contributed by atoms with Crippen molar-refractivity contribution >= 4 is 11.9 Å². The van der Waals surface area contributed by atoms with Gasteiger partial charge in [-0.05, 0) is 46.3 Å². The molecule has 0 saturated carbocycles. The van der Waals surface area contributed by atoms with Crippen LogP contribution >= 0.6 is 0 Å². The molecule has 7 nitrogen and oxygen atoms in total. The van der Waals surface area contributed by atoms with E-state index in [1.54, 1.807) is 12.1 Å². The van der Waals surface area contributed by atoms with Crippen molar-refractivity contribution < 1.29 is 34.3 Å². The summed E-state index contributed by atoms with van der Waals surface area (Å²) in [6, 6.07) is 4.54. The minimum absolute atomic E-state index is 0.0459. The first-order chi connectivity index (χ1) is 15.0. The van der Waals surface area contributed by atoms with Crippen LogP contribution in [0.3, 0.4) is 0 Å². The van der Waals surface area contributed by atoms with Crippen molar-refractivity contribution in [1.29, 1.82) is 0 Å². The summed E-state index contributed by atoms with van der Waals surface area (Å²) in [5.41, 5.74) is -0.726. The third-order valence-corrected chi connectivity index (χ3v) is 6.00. The summed E-state index contributed by atoms with van der Waals surface area (Å²) >= 11 is 0. The number of allylic oxidation sites excluding steroid dienone is 2. The predicted molar refractivity (Wildman–Crippen MR) is 116 cm³/mol. The van der Waals surface area contributed by atoms with Gasteiger partial charge in [0.2, 0.25) is 11.4 Å². The maximum absolute atomic E-state index is 13.6. The zero-order chi connectivity index (χ0) is 23.0. The van der Waals surface area contributed by atoms with E-state index >= 15 is 0 Å². The highest BCUT2D eigenvalue weighted by Crippen LogP contribution is 2.53. The molecular formula is C25H24O7. The van der Waals surface area contributed by atoms with Crippen molar-refractivity contribution in [2.75, 3.05) is 0 Å². The Kier molecular flexibility index (Phi) is 4.17. The van der Waals surface area contributed by atoms with Gasteiger partial charge in [-0.15, -0.1) is 0 Å². The standard InChI is InChI=1S/C25H24O7/c1-12(2)5-6-14-16(26)10-19-20(21(14)27)22(28)25(29)15-9-13-7-8-24(3,4)32-17(13)11-18(15)30-23(25)31-19/h5,7-11,23,26-27,29H,6H2,1-4H3/t23-,25+/m1/s1. The molecule has 3 aliphatic heterocycles. The number of rotatable bonds is 2. The van der Waals surface area contributed by atoms with E-state index in [1.807, 2.05) is 45.9 Å². The quantitative estimate of drug-likeness (QED) is 0.612. The molecule has 7 heteroatoms. The Morgan fingerprint density at radius 1 is 1.09 bits per heavy atom. The van der Waals surface area contributed by atoms with Gasteiger partial charge in [0.1, 0.15) is 39.9 Å². The SMILES string of the molecule is CC(C)=CCc1c(O)cc2c(c1O)C(=O)[C@@]1(O)c3cc4c(cc3O[C@@H]1O2)OC(C)(C)C=C4. The van der Waals surface area contributed by atoms with E-state index in [-0.39, 0.29) is 40.4 Å². The number of ether oxygens (including phenoxy) is 3. The van der Waals surface area contributed by atoms with Crippen LogP contribution in [0.1, 0.15) is 54.7 Å². The van der Waals surface area contributed by atoms with E-state index in [0.717, 1.165) is 5.57 Å². The van der Waals surface area contributed by atoms with Gasteiger partial charge in [-0.1, -0.05) is 17.7 Å². The zero-order valence-corrected chi connectivity index (χ0v) is 18.2. The molecular weight excluding hydrogens is 412 g/mol. The number of aliphatic hydroxyl groups is 1. The second-order valence-corrected chi connectivity index (χ2v) is 9.17. The smallest absolute Gasteiger partial charge is 0.281 e. The van der Waals surface area contributed by atoms with E-state index in [4.69, 9.17) is 14.2 Å². The molecule has 166 valence electrons. The predicted octanol–water partition coefficient (Wildman–Crippen LogP) is 3.97. The van der Waals surface area contributed by atoms with Gasteiger partial charge in [0, 0.05) is 28.8 Å². The highest BCUT2D eigenvalue weighted by Gasteiger charge is 2.60. The number of hydrogen-bond acceptors (Lipinski definition) is 7. The Hall–Kier alpha value is -3.45. The van der Waals surface area contributed by atoms with Crippen LogP contribution in [-0.2, 0) is 12.0 Å². The van der Waals surface area contributed by atoms with Gasteiger partial charge >= 0.3 is 0 Å². The number of aromatic hydroxyl groups is 2. The molecule has 0 radical (unpaired) electrons. The molecule has 0 unspecified atom stereocenters. The largest absolute Gasteiger partial charge is 0.507 e. The second-order valence-electron chi connectivity index (χ2n) is 9.17. The lowest BCUT2D eigenvalue weighted by Crippen LogP contribution is -2.51. The van der Waals surface area contributed by atoms with Crippen LogP contribution in [0.2, 0.25) is 0 Å². The first-order valence-corrected chi connectivity index (χ1v) is 10.4. The van der Waals surface area contributed by atoms with Crippen LogP contribution in [0.4, 0.5) is 0 Å². The first-order valence-electron chi connectivity index (χ1n) is 10.4. The molecule has 0 aromatic heterocycles. The van der Waals surface area contributed by atoms with E-state index < -0.39 is 29.0 Å². The molecule has 3 heterocycles. The van der Waals surface area contributed by atoms with Crippen LogP contribution in [0.5, 0.6) is 28.7 Å². The average Bonchev–Trinajstić information content (AvgIpc) is 2.97. The minimum Gasteiger partial charge on any atom is -0.507 e. The molecule has 2 aromatic carbocycles. The fourth-order valence-corrected chi connectivity index (χ4v) is 4.26. The molecule has 0 bridgehead atoms. The Balaban J connectivity index is 1.63. The van der Waals surface area contributed by atoms with Crippen molar-refractivity contribution in [3.63, 3.8) is 0 Å². The number of fused-ring (bicyclic) bond motifs is 5. The van der Waals surface area contributed by atoms with Crippen molar-refractivity contribution in [3.8, 4) is 28.7 Å². The Morgan fingerprint density at radius 3 is 2.53 bits per heavy atom. The molecule has 3 aliphatic rings. The van der Waals surface area contributed by atoms with Crippen molar-refractivity contribution in [3.05, 3.63) is 58.2 Å². The monoisotopic (exact) mass is 436 g/mol. The van der Waals surface area contributed by atoms with Crippen molar-refractivity contribution in [1.82, 2.24) is 0 Å². The van der Waals surface area contributed by atoms with Gasteiger partial charge in [0.05, 0.1) is 0 Å². The first kappa shape index (κ1) is 20.5. The maximum atomic E-state index is 13.6. The third-order valence-electron chi connectivity index (χ3n) is 6.00. The molecule has 0 spiro atoms. The number of ketones is 1. The van der Waals surface area contributed by atoms with Crippen LogP contribution in [0.25, 0.3) is 6.08 Å². The lowest BCUT2D eigenvalue weighted by atomic mass is 9.82. The Labute approximate surface area is 185 Å². The van der Waals surface area contributed by atoms with E-state index in [0.29, 0.717) is 11.3 Å². The number of carbonyl (C=O) groups is 1. The Bertz CT molecular complexity index is 1230. The van der Waals surface area contributed by atoms with Gasteiger partial charge < -0.3 is 29.5 Å². The summed E-state index contributed by atoms with van der Waals surface area (Å²) in [5, 5.41) is 32.8. The summed E-state index contributed by atoms with van der Waals surface area (Å²) in [7, 11) is 0. The zero-order valence-electron chi connectivity index (χ0n) is 18.2. The number of hydrogen-bond donors (Lipinski definition) is 3. The van der Waals surface area contributed by atoms with Gasteiger partial charge in [0.15, 0.2) is 0 Å². The van der Waals surface area contributed by atoms with Gasteiger partial charge in [0.25, 0.3) is 6.29 Å². The molecule has 2 aromatic rings. The number of phenolic OH excluding ortho intramolecular Hbond substituents is 2. The van der Waals surface area contributed by atoms with Crippen molar-refractivity contribution in [2.45, 2.75) is 51.6 Å². The molecule has 2 atom stereocenters. The summed E-state index contributed by atoms with van der Waals surface area (Å²) in [5.74, 6) is -0.589. The van der Waals surface area contributed by atoms with Crippen LogP contribution in [0.15, 0.2) is 35.9 Å². The van der Waals surface area contributed by atoms with Gasteiger partial charge in [-0.3, -0.25) is 4.79 Å². The minimum atomic E-state index is -2.15. The van der Waals surface area contributed by atoms with E-state index in [1.165, 1.54) is 6.07 Å². The van der Waals surface area contributed by atoms with E-state index in [9.17, 15) is 20.1 Å². The molecule has 5 rings (SSSR count). The van der Waals surface area contributed by atoms with E-state index in [2.05, 4.69) is 0 Å². The normalized spacial score (nSPS) is 23.7. The average molecular weight is 436 g/mol. The molecule has 0 saturated heterocycles. The number of phenols is 2. The molecule has 32 heavy (non-hydrogen) atoms. The summed E-state index contributed by atoms with van der Waals surface area (Å²) in [4.78, 5) is 13.6. The number of benzene rings is 2. The molecule has 0 amide bonds. The summed E-state index contributed by atoms with van der Waals surface area (Å²) in [6.45, 7) is 7.61. The fourth-order valence-electron chi connectivity index (χ4n) is 4.26. The van der Waals surface area contributed by atoms with Crippen molar-refractivity contribution in [2.24, 2.45) is 0 Å². The summed E-state index contributed by atoms with van der Waals surface area (Å²) in [6.07, 6.45) is 4.44. The number of Topliss-reactive ketones (excluding diaryl/α,β-unsaturated/α-hetero) is 1. The van der Waals surface area contributed by atoms with Crippen LogP contribution < -0.4 is 14.2 Å². The maximum Gasteiger partial charge on any atom is 0.281 e. The fraction of sp³-hybridized carbons (Fsp3) is 0.320. The topological polar surface area (TPSA) is 105 Å². The lowest BCUT2D eigenvalue weighted by molar-refractivity contribution is -0.118. The second kappa shape index (κ2) is 6.53. The van der Waals surface area contributed by atoms with Crippen LogP contribution in [0, 0.1) is 0 Å².